The van der Waals surface area contributed by atoms with Crippen LogP contribution in [-0.2, 0) is 9.59 Å². The molecule has 98 valence electrons. The Labute approximate surface area is 102 Å². The van der Waals surface area contributed by atoms with E-state index in [9.17, 15) is 9.59 Å². The molecule has 1 fully saturated rings. The number of carbonyl (C=O) groups excluding carboxylic acids is 1. The maximum atomic E-state index is 11.5. The third-order valence-electron chi connectivity index (χ3n) is 3.39. The number of carboxylic acids is 1. The van der Waals surface area contributed by atoms with Gasteiger partial charge in [0, 0.05) is 25.6 Å². The minimum absolute atomic E-state index is 0.0311. The van der Waals surface area contributed by atoms with E-state index in [1.165, 1.54) is 0 Å². The molecule has 1 saturated carbocycles. The van der Waals surface area contributed by atoms with E-state index in [2.05, 4.69) is 5.32 Å². The van der Waals surface area contributed by atoms with Crippen molar-refractivity contribution in [2.45, 2.75) is 51.6 Å². The molecule has 0 aromatic rings. The Balaban J connectivity index is 2.63. The Morgan fingerprint density at radius 1 is 1.35 bits per heavy atom. The number of carbonyl (C=O) groups is 2. The highest BCUT2D eigenvalue weighted by Crippen LogP contribution is 2.23. The summed E-state index contributed by atoms with van der Waals surface area (Å²) in [5.74, 6) is -0.776. The average Bonchev–Trinajstić information content (AvgIpc) is 2.28. The fourth-order valence-electron chi connectivity index (χ4n) is 2.63. The SMILES string of the molecule is CCN(C(C)=O)[C@@H]1CCCC[C@@H]1NCC(=O)O. The summed E-state index contributed by atoms with van der Waals surface area (Å²) < 4.78 is 0. The first-order valence-electron chi connectivity index (χ1n) is 6.28. The number of nitrogens with zero attached hydrogens (tertiary/aromatic N) is 1. The lowest BCUT2D eigenvalue weighted by Gasteiger charge is -2.39. The van der Waals surface area contributed by atoms with Gasteiger partial charge in [0.05, 0.1) is 6.54 Å². The van der Waals surface area contributed by atoms with Crippen LogP contribution in [0.5, 0.6) is 0 Å². The highest BCUT2D eigenvalue weighted by atomic mass is 16.4. The molecule has 2 N–H and O–H groups in total. The van der Waals surface area contributed by atoms with E-state index in [0.29, 0.717) is 6.54 Å². The van der Waals surface area contributed by atoms with Gasteiger partial charge >= 0.3 is 5.97 Å². The predicted octanol–water partition coefficient (Wildman–Crippen LogP) is 0.840. The van der Waals surface area contributed by atoms with Crippen molar-refractivity contribution < 1.29 is 14.7 Å². The zero-order valence-electron chi connectivity index (χ0n) is 10.6. The molecule has 5 heteroatoms. The van der Waals surface area contributed by atoms with Gasteiger partial charge in [-0.2, -0.15) is 0 Å². The van der Waals surface area contributed by atoms with Crippen LogP contribution in [0.1, 0.15) is 39.5 Å². The molecule has 0 aromatic carbocycles. The zero-order chi connectivity index (χ0) is 12.8. The second kappa shape index (κ2) is 6.59. The molecule has 0 aliphatic heterocycles. The Morgan fingerprint density at radius 3 is 2.53 bits per heavy atom. The summed E-state index contributed by atoms with van der Waals surface area (Å²) in [6.45, 7) is 4.19. The van der Waals surface area contributed by atoms with Gasteiger partial charge < -0.3 is 15.3 Å². The van der Waals surface area contributed by atoms with Gasteiger partial charge in [-0.1, -0.05) is 12.8 Å². The Hall–Kier alpha value is -1.10. The Kier molecular flexibility index (Phi) is 5.41. The Morgan fingerprint density at radius 2 is 2.00 bits per heavy atom. The van der Waals surface area contributed by atoms with Gasteiger partial charge in [0.2, 0.25) is 5.91 Å². The van der Waals surface area contributed by atoms with E-state index in [0.717, 1.165) is 25.7 Å². The number of carboxylic acid groups (broad SMARTS) is 1. The highest BCUT2D eigenvalue weighted by molar-refractivity contribution is 5.73. The Bertz CT molecular complexity index is 281. The molecule has 1 aliphatic rings. The first-order valence-corrected chi connectivity index (χ1v) is 6.28. The lowest BCUT2D eigenvalue weighted by Crippen LogP contribution is -2.54. The van der Waals surface area contributed by atoms with Gasteiger partial charge in [0.15, 0.2) is 0 Å². The molecule has 0 radical (unpaired) electrons. The van der Waals surface area contributed by atoms with Gasteiger partial charge in [-0.05, 0) is 19.8 Å². The molecule has 0 spiro atoms. The van der Waals surface area contributed by atoms with Gasteiger partial charge in [-0.25, -0.2) is 0 Å². The lowest BCUT2D eigenvalue weighted by molar-refractivity contribution is -0.136. The predicted molar refractivity (Wildman–Crippen MR) is 64.7 cm³/mol. The third-order valence-corrected chi connectivity index (χ3v) is 3.39. The van der Waals surface area contributed by atoms with E-state index in [1.54, 1.807) is 6.92 Å². The molecule has 0 heterocycles. The second-order valence-electron chi connectivity index (χ2n) is 4.54. The maximum Gasteiger partial charge on any atom is 0.317 e. The van der Waals surface area contributed by atoms with Crippen molar-refractivity contribution in [2.75, 3.05) is 13.1 Å². The quantitative estimate of drug-likeness (QED) is 0.749. The van der Waals surface area contributed by atoms with E-state index in [1.807, 2.05) is 11.8 Å². The van der Waals surface area contributed by atoms with E-state index >= 15 is 0 Å². The standard InChI is InChI=1S/C12H22N2O3/c1-3-14(9(2)15)11-7-5-4-6-10(11)13-8-12(16)17/h10-11,13H,3-8H2,1-2H3,(H,16,17)/t10-,11+/m0/s1. The van der Waals surface area contributed by atoms with Gasteiger partial charge in [-0.3, -0.25) is 9.59 Å². The highest BCUT2D eigenvalue weighted by Gasteiger charge is 2.30. The van der Waals surface area contributed by atoms with Crippen LogP contribution in [0.2, 0.25) is 0 Å². The molecular weight excluding hydrogens is 220 g/mol. The molecule has 1 rings (SSSR count). The van der Waals surface area contributed by atoms with Crippen molar-refractivity contribution in [1.29, 1.82) is 0 Å². The maximum absolute atomic E-state index is 11.5. The van der Waals surface area contributed by atoms with Crippen LogP contribution >= 0.6 is 0 Å². The lowest BCUT2D eigenvalue weighted by atomic mass is 9.89. The second-order valence-corrected chi connectivity index (χ2v) is 4.54. The molecule has 1 aliphatic carbocycles. The molecule has 0 aromatic heterocycles. The number of aliphatic carboxylic acids is 1. The molecule has 0 unspecified atom stereocenters. The smallest absolute Gasteiger partial charge is 0.317 e. The molecule has 0 saturated heterocycles. The minimum Gasteiger partial charge on any atom is -0.480 e. The van der Waals surface area contributed by atoms with Gasteiger partial charge in [0.25, 0.3) is 0 Å². The number of hydrogen-bond acceptors (Lipinski definition) is 3. The summed E-state index contributed by atoms with van der Waals surface area (Å²) >= 11 is 0. The summed E-state index contributed by atoms with van der Waals surface area (Å²) in [7, 11) is 0. The molecule has 2 atom stereocenters. The number of hydrogen-bond donors (Lipinski definition) is 2. The van der Waals surface area contributed by atoms with Crippen LogP contribution in [0.4, 0.5) is 0 Å². The van der Waals surface area contributed by atoms with Gasteiger partial charge in [-0.15, -0.1) is 0 Å². The summed E-state index contributed by atoms with van der Waals surface area (Å²) in [5.41, 5.74) is 0. The monoisotopic (exact) mass is 242 g/mol. The summed E-state index contributed by atoms with van der Waals surface area (Å²) in [6.07, 6.45) is 4.12. The molecule has 5 nitrogen and oxygen atoms in total. The molecular formula is C12H22N2O3. The van der Waals surface area contributed by atoms with Crippen LogP contribution in [0, 0.1) is 0 Å². The number of amides is 1. The number of rotatable bonds is 5. The first-order chi connectivity index (χ1) is 8.06. The fraction of sp³-hybridized carbons (Fsp3) is 0.833. The van der Waals surface area contributed by atoms with Crippen LogP contribution in [0.3, 0.4) is 0 Å². The average molecular weight is 242 g/mol. The van der Waals surface area contributed by atoms with Crippen molar-refractivity contribution in [3.8, 4) is 0 Å². The van der Waals surface area contributed by atoms with Crippen molar-refractivity contribution in [3.63, 3.8) is 0 Å². The minimum atomic E-state index is -0.847. The first kappa shape index (κ1) is 14.0. The van der Waals surface area contributed by atoms with Crippen LogP contribution < -0.4 is 5.32 Å². The summed E-state index contributed by atoms with van der Waals surface area (Å²) in [5, 5.41) is 11.7. The summed E-state index contributed by atoms with van der Waals surface area (Å²) in [4.78, 5) is 24.0. The van der Waals surface area contributed by atoms with E-state index < -0.39 is 5.97 Å². The van der Waals surface area contributed by atoms with Crippen LogP contribution in [0.15, 0.2) is 0 Å². The normalized spacial score (nSPS) is 24.4. The van der Waals surface area contributed by atoms with E-state index in [-0.39, 0.29) is 24.5 Å². The van der Waals surface area contributed by atoms with Crippen molar-refractivity contribution in [1.82, 2.24) is 10.2 Å². The molecule has 17 heavy (non-hydrogen) atoms. The fourth-order valence-corrected chi connectivity index (χ4v) is 2.63. The molecule has 0 bridgehead atoms. The number of likely N-dealkylation sites (N-methyl/N-ethyl adjacent to an activating group) is 1. The van der Waals surface area contributed by atoms with Crippen LogP contribution in [0.25, 0.3) is 0 Å². The summed E-state index contributed by atoms with van der Waals surface area (Å²) in [6, 6.07) is 0.259. The van der Waals surface area contributed by atoms with Crippen molar-refractivity contribution in [3.05, 3.63) is 0 Å². The van der Waals surface area contributed by atoms with Crippen molar-refractivity contribution in [2.24, 2.45) is 0 Å². The van der Waals surface area contributed by atoms with Gasteiger partial charge in [0.1, 0.15) is 0 Å². The third kappa shape index (κ3) is 4.00. The number of nitrogens with one attached hydrogen (secondary N) is 1. The van der Waals surface area contributed by atoms with Crippen molar-refractivity contribution >= 4 is 11.9 Å². The zero-order valence-corrected chi connectivity index (χ0v) is 10.6. The topological polar surface area (TPSA) is 69.6 Å². The largest absolute Gasteiger partial charge is 0.480 e. The molecule has 1 amide bonds. The van der Waals surface area contributed by atoms with Crippen LogP contribution in [-0.4, -0.2) is 47.1 Å². The van der Waals surface area contributed by atoms with E-state index in [4.69, 9.17) is 5.11 Å².